The monoisotopic (exact) mass is 564 g/mol. The number of aromatic nitrogens is 2. The zero-order valence-electron chi connectivity index (χ0n) is 24.2. The Labute approximate surface area is 256 Å². The van der Waals surface area contributed by atoms with E-state index in [9.17, 15) is 0 Å². The number of para-hydroxylation sites is 1. The molecule has 0 aliphatic carbocycles. The fourth-order valence-corrected chi connectivity index (χ4v) is 5.93. The Hall–Kier alpha value is -5.80. The Morgan fingerprint density at radius 2 is 1.02 bits per heavy atom. The first-order valence-electron chi connectivity index (χ1n) is 14.8. The van der Waals surface area contributed by atoms with Gasteiger partial charge in [-0.3, -0.25) is 0 Å². The second kappa shape index (κ2) is 10.8. The van der Waals surface area contributed by atoms with Gasteiger partial charge in [-0.25, -0.2) is 9.97 Å². The third-order valence-electron chi connectivity index (χ3n) is 8.24. The highest BCUT2D eigenvalue weighted by Crippen LogP contribution is 2.36. The second-order valence-corrected chi connectivity index (χ2v) is 11.1. The maximum Gasteiger partial charge on any atom is 0.160 e. The first-order chi connectivity index (χ1) is 21.7. The molecular formula is C41H28N2O. The molecule has 208 valence electrons. The van der Waals surface area contributed by atoms with Gasteiger partial charge in [0.2, 0.25) is 0 Å². The van der Waals surface area contributed by atoms with Gasteiger partial charge in [-0.1, -0.05) is 115 Å². The summed E-state index contributed by atoms with van der Waals surface area (Å²) in [5.41, 5.74) is 12.6. The second-order valence-electron chi connectivity index (χ2n) is 11.1. The van der Waals surface area contributed by atoms with Crippen LogP contribution in [-0.2, 0) is 0 Å². The van der Waals surface area contributed by atoms with Crippen LogP contribution < -0.4 is 0 Å². The molecule has 0 saturated heterocycles. The minimum Gasteiger partial charge on any atom is -0.456 e. The molecule has 0 amide bonds. The highest BCUT2D eigenvalue weighted by atomic mass is 16.3. The van der Waals surface area contributed by atoms with E-state index >= 15 is 0 Å². The average molecular weight is 565 g/mol. The highest BCUT2D eigenvalue weighted by Gasteiger charge is 2.13. The van der Waals surface area contributed by atoms with E-state index < -0.39 is 0 Å². The normalized spacial score (nSPS) is 11.3. The van der Waals surface area contributed by atoms with Crippen molar-refractivity contribution in [3.63, 3.8) is 0 Å². The minimum absolute atomic E-state index is 0.715. The van der Waals surface area contributed by atoms with Crippen LogP contribution in [0.5, 0.6) is 0 Å². The van der Waals surface area contributed by atoms with Crippen LogP contribution in [0.15, 0.2) is 156 Å². The molecule has 0 fully saturated rings. The maximum absolute atomic E-state index is 6.07. The summed E-state index contributed by atoms with van der Waals surface area (Å²) >= 11 is 0. The SMILES string of the molecule is Cc1ccc(-c2ccc3oc4ccccc4c3c2)cc1-c1cccc(-c2cc(-c3ccccc3)nc(-c3ccccc3)n2)c1. The molecule has 0 aliphatic heterocycles. The zero-order chi connectivity index (χ0) is 29.5. The smallest absolute Gasteiger partial charge is 0.160 e. The molecule has 8 rings (SSSR count). The lowest BCUT2D eigenvalue weighted by molar-refractivity contribution is 0.669. The summed E-state index contributed by atoms with van der Waals surface area (Å²) in [6, 6.07) is 52.6. The standard InChI is InChI=1S/C41H28N2O/c1-27-19-20-30(31-21-22-40-36(25-31)34-17-8-9-18-39(34)44-40)24-35(27)32-15-10-16-33(23-32)38-26-37(28-11-4-2-5-12-28)42-41(43-38)29-13-6-3-7-14-29/h2-26H,1H3. The van der Waals surface area contributed by atoms with Crippen molar-refractivity contribution in [2.75, 3.05) is 0 Å². The molecule has 0 N–H and O–H groups in total. The summed E-state index contributed by atoms with van der Waals surface area (Å²) in [5.74, 6) is 0.715. The van der Waals surface area contributed by atoms with Crippen LogP contribution in [0.2, 0.25) is 0 Å². The van der Waals surface area contributed by atoms with Crippen LogP contribution in [0, 0.1) is 6.92 Å². The first-order valence-corrected chi connectivity index (χ1v) is 14.8. The molecule has 0 aliphatic rings. The Bertz CT molecular complexity index is 2230. The Morgan fingerprint density at radius 1 is 0.409 bits per heavy atom. The van der Waals surface area contributed by atoms with E-state index in [-0.39, 0.29) is 0 Å². The molecule has 6 aromatic carbocycles. The Balaban J connectivity index is 1.22. The van der Waals surface area contributed by atoms with Crippen molar-refractivity contribution in [2.24, 2.45) is 0 Å². The van der Waals surface area contributed by atoms with Crippen molar-refractivity contribution in [3.05, 3.63) is 157 Å². The highest BCUT2D eigenvalue weighted by molar-refractivity contribution is 6.06. The quantitative estimate of drug-likeness (QED) is 0.209. The van der Waals surface area contributed by atoms with Gasteiger partial charge in [0.1, 0.15) is 11.2 Å². The molecule has 44 heavy (non-hydrogen) atoms. The van der Waals surface area contributed by atoms with Crippen molar-refractivity contribution in [3.8, 4) is 56.2 Å². The predicted octanol–water partition coefficient (Wildman–Crippen LogP) is 11.0. The van der Waals surface area contributed by atoms with Gasteiger partial charge in [0.15, 0.2) is 5.82 Å². The van der Waals surface area contributed by atoms with Gasteiger partial charge >= 0.3 is 0 Å². The molecule has 0 saturated carbocycles. The van der Waals surface area contributed by atoms with E-state index in [2.05, 4.69) is 110 Å². The van der Waals surface area contributed by atoms with Crippen molar-refractivity contribution >= 4 is 21.9 Å². The van der Waals surface area contributed by atoms with Crippen molar-refractivity contribution < 1.29 is 4.42 Å². The van der Waals surface area contributed by atoms with E-state index in [1.165, 1.54) is 16.7 Å². The number of rotatable bonds is 5. The number of benzene rings is 6. The third kappa shape index (κ3) is 4.75. The summed E-state index contributed by atoms with van der Waals surface area (Å²) in [6.45, 7) is 2.17. The van der Waals surface area contributed by atoms with Crippen LogP contribution in [0.1, 0.15) is 5.56 Å². The van der Waals surface area contributed by atoms with Crippen LogP contribution in [0.4, 0.5) is 0 Å². The van der Waals surface area contributed by atoms with Crippen LogP contribution in [0.3, 0.4) is 0 Å². The van der Waals surface area contributed by atoms with Crippen LogP contribution in [-0.4, -0.2) is 9.97 Å². The molecule has 8 aromatic rings. The number of hydrogen-bond donors (Lipinski definition) is 0. The van der Waals surface area contributed by atoms with Gasteiger partial charge in [0, 0.05) is 27.5 Å². The molecule has 2 aromatic heterocycles. The molecule has 2 heterocycles. The lowest BCUT2D eigenvalue weighted by atomic mass is 9.93. The summed E-state index contributed by atoms with van der Waals surface area (Å²) in [6.07, 6.45) is 0. The lowest BCUT2D eigenvalue weighted by Gasteiger charge is -2.13. The van der Waals surface area contributed by atoms with Gasteiger partial charge < -0.3 is 4.42 Å². The third-order valence-corrected chi connectivity index (χ3v) is 8.24. The molecular weight excluding hydrogens is 536 g/mol. The number of fused-ring (bicyclic) bond motifs is 3. The van der Waals surface area contributed by atoms with Gasteiger partial charge in [-0.05, 0) is 71.1 Å². The molecule has 0 radical (unpaired) electrons. The van der Waals surface area contributed by atoms with Gasteiger partial charge in [0.05, 0.1) is 11.4 Å². The lowest BCUT2D eigenvalue weighted by Crippen LogP contribution is -1.96. The van der Waals surface area contributed by atoms with E-state index in [0.717, 1.165) is 61.1 Å². The number of hydrogen-bond acceptors (Lipinski definition) is 3. The number of furan rings is 1. The molecule has 3 heteroatoms. The molecule has 0 bridgehead atoms. The molecule has 0 atom stereocenters. The van der Waals surface area contributed by atoms with Crippen molar-refractivity contribution in [1.29, 1.82) is 0 Å². The minimum atomic E-state index is 0.715. The van der Waals surface area contributed by atoms with E-state index in [0.29, 0.717) is 5.82 Å². The fraction of sp³-hybridized carbons (Fsp3) is 0.0244. The maximum atomic E-state index is 6.07. The summed E-state index contributed by atoms with van der Waals surface area (Å²) < 4.78 is 6.07. The van der Waals surface area contributed by atoms with Gasteiger partial charge in [-0.15, -0.1) is 0 Å². The van der Waals surface area contributed by atoms with E-state index in [4.69, 9.17) is 14.4 Å². The van der Waals surface area contributed by atoms with E-state index in [1.54, 1.807) is 0 Å². The average Bonchev–Trinajstić information content (AvgIpc) is 3.47. The molecule has 3 nitrogen and oxygen atoms in total. The summed E-state index contributed by atoms with van der Waals surface area (Å²) in [7, 11) is 0. The summed E-state index contributed by atoms with van der Waals surface area (Å²) in [5, 5.41) is 2.27. The summed E-state index contributed by atoms with van der Waals surface area (Å²) in [4.78, 5) is 10.0. The van der Waals surface area contributed by atoms with Crippen molar-refractivity contribution in [1.82, 2.24) is 9.97 Å². The van der Waals surface area contributed by atoms with Crippen molar-refractivity contribution in [2.45, 2.75) is 6.92 Å². The number of nitrogens with zero attached hydrogens (tertiary/aromatic N) is 2. The Morgan fingerprint density at radius 3 is 1.84 bits per heavy atom. The van der Waals surface area contributed by atoms with E-state index in [1.807, 2.05) is 48.5 Å². The largest absolute Gasteiger partial charge is 0.456 e. The van der Waals surface area contributed by atoms with Gasteiger partial charge in [-0.2, -0.15) is 0 Å². The fourth-order valence-electron chi connectivity index (χ4n) is 5.93. The zero-order valence-corrected chi connectivity index (χ0v) is 24.2. The van der Waals surface area contributed by atoms with Gasteiger partial charge in [0.25, 0.3) is 0 Å². The molecule has 0 unspecified atom stereocenters. The number of aryl methyl sites for hydroxylation is 1. The first kappa shape index (κ1) is 25.9. The van der Waals surface area contributed by atoms with Crippen LogP contribution in [0.25, 0.3) is 78.1 Å². The van der Waals surface area contributed by atoms with Crippen LogP contribution >= 0.6 is 0 Å². The topological polar surface area (TPSA) is 38.9 Å². The predicted molar refractivity (Wildman–Crippen MR) is 181 cm³/mol. The Kier molecular flexibility index (Phi) is 6.35. The molecule has 0 spiro atoms.